The topological polar surface area (TPSA) is 107 Å². The number of carbonyl (C=O) groups excluding carboxylic acids is 1. The van der Waals surface area contributed by atoms with Gasteiger partial charge in [0.25, 0.3) is 0 Å². The maximum Gasteiger partial charge on any atom is 0.246 e. The molecule has 1 heterocycles. The number of sulfonamides is 1. The summed E-state index contributed by atoms with van der Waals surface area (Å²) in [5.41, 5.74) is 0.176. The van der Waals surface area contributed by atoms with Gasteiger partial charge in [0, 0.05) is 12.4 Å². The molecular formula is C11H11ClN4O3S. The minimum atomic E-state index is -3.86. The van der Waals surface area contributed by atoms with Gasteiger partial charge in [0.2, 0.25) is 15.9 Å². The molecule has 20 heavy (non-hydrogen) atoms. The van der Waals surface area contributed by atoms with Gasteiger partial charge in [-0.3, -0.25) is 9.48 Å². The number of rotatable bonds is 4. The van der Waals surface area contributed by atoms with Crippen LogP contribution in [0.2, 0.25) is 5.02 Å². The van der Waals surface area contributed by atoms with Crippen molar-refractivity contribution in [2.75, 3.05) is 5.32 Å². The van der Waals surface area contributed by atoms with Crippen LogP contribution in [0.5, 0.6) is 0 Å². The molecule has 1 aromatic carbocycles. The number of primary sulfonamides is 1. The lowest BCUT2D eigenvalue weighted by Crippen LogP contribution is -2.20. The summed E-state index contributed by atoms with van der Waals surface area (Å²) in [6.45, 7) is -0.0110. The first-order chi connectivity index (χ1) is 9.36. The quantitative estimate of drug-likeness (QED) is 0.871. The molecular weight excluding hydrogens is 304 g/mol. The number of benzene rings is 1. The maximum absolute atomic E-state index is 11.8. The fourth-order valence-corrected chi connectivity index (χ4v) is 2.21. The number of anilines is 1. The van der Waals surface area contributed by atoms with E-state index in [-0.39, 0.29) is 28.1 Å². The summed E-state index contributed by atoms with van der Waals surface area (Å²) in [7, 11) is -3.86. The number of hydrogen-bond acceptors (Lipinski definition) is 4. The van der Waals surface area contributed by atoms with Crippen LogP contribution in [-0.4, -0.2) is 24.1 Å². The Morgan fingerprint density at radius 3 is 2.80 bits per heavy atom. The Balaban J connectivity index is 2.18. The zero-order valence-electron chi connectivity index (χ0n) is 10.2. The molecule has 0 saturated carbocycles. The molecule has 0 fully saturated rings. The average Bonchev–Trinajstić information content (AvgIpc) is 2.83. The summed E-state index contributed by atoms with van der Waals surface area (Å²) in [5, 5.41) is 11.6. The van der Waals surface area contributed by atoms with Gasteiger partial charge < -0.3 is 5.32 Å². The third-order valence-electron chi connectivity index (χ3n) is 2.41. The van der Waals surface area contributed by atoms with Gasteiger partial charge in [-0.05, 0) is 24.3 Å². The van der Waals surface area contributed by atoms with E-state index in [2.05, 4.69) is 10.4 Å². The molecule has 0 unspecified atom stereocenters. The van der Waals surface area contributed by atoms with Crippen molar-refractivity contribution >= 4 is 33.2 Å². The fourth-order valence-electron chi connectivity index (χ4n) is 1.51. The van der Waals surface area contributed by atoms with Crippen molar-refractivity contribution in [3.8, 4) is 0 Å². The van der Waals surface area contributed by atoms with E-state index in [1.807, 2.05) is 0 Å². The molecule has 9 heteroatoms. The third-order valence-corrected chi connectivity index (χ3v) is 3.65. The normalized spacial score (nSPS) is 11.3. The average molecular weight is 315 g/mol. The highest BCUT2D eigenvalue weighted by molar-refractivity contribution is 7.89. The number of carbonyl (C=O) groups is 1. The van der Waals surface area contributed by atoms with Gasteiger partial charge in [0.05, 0.1) is 15.6 Å². The highest BCUT2D eigenvalue weighted by atomic mass is 35.5. The van der Waals surface area contributed by atoms with Crippen molar-refractivity contribution in [3.05, 3.63) is 41.7 Å². The van der Waals surface area contributed by atoms with Crippen molar-refractivity contribution in [3.63, 3.8) is 0 Å². The first-order valence-corrected chi connectivity index (χ1v) is 7.38. The van der Waals surface area contributed by atoms with Gasteiger partial charge in [-0.1, -0.05) is 11.6 Å². The zero-order valence-corrected chi connectivity index (χ0v) is 11.7. The largest absolute Gasteiger partial charge is 0.323 e. The van der Waals surface area contributed by atoms with Crippen molar-refractivity contribution in [2.45, 2.75) is 11.4 Å². The predicted molar refractivity (Wildman–Crippen MR) is 73.7 cm³/mol. The maximum atomic E-state index is 11.8. The number of nitrogens with one attached hydrogen (secondary N) is 1. The molecule has 106 valence electrons. The Morgan fingerprint density at radius 2 is 2.20 bits per heavy atom. The highest BCUT2D eigenvalue weighted by Crippen LogP contribution is 2.24. The second kappa shape index (κ2) is 5.61. The van der Waals surface area contributed by atoms with Gasteiger partial charge in [0.1, 0.15) is 6.54 Å². The van der Waals surface area contributed by atoms with Crippen molar-refractivity contribution in [2.24, 2.45) is 5.14 Å². The van der Waals surface area contributed by atoms with Crippen molar-refractivity contribution in [1.29, 1.82) is 0 Å². The van der Waals surface area contributed by atoms with E-state index < -0.39 is 10.0 Å². The molecule has 7 nitrogen and oxygen atoms in total. The lowest BCUT2D eigenvalue weighted by molar-refractivity contribution is -0.116. The van der Waals surface area contributed by atoms with E-state index in [1.54, 1.807) is 18.5 Å². The molecule has 0 atom stereocenters. The van der Waals surface area contributed by atoms with E-state index >= 15 is 0 Å². The smallest absolute Gasteiger partial charge is 0.246 e. The Hall–Kier alpha value is -1.90. The minimum Gasteiger partial charge on any atom is -0.323 e. The first-order valence-electron chi connectivity index (χ1n) is 5.46. The number of amides is 1. The monoisotopic (exact) mass is 314 g/mol. The zero-order chi connectivity index (χ0) is 14.8. The number of hydrogen-bond donors (Lipinski definition) is 2. The van der Waals surface area contributed by atoms with E-state index in [0.717, 1.165) is 0 Å². The Bertz CT molecular complexity index is 728. The Kier molecular flexibility index (Phi) is 4.07. The van der Waals surface area contributed by atoms with Gasteiger partial charge >= 0.3 is 0 Å². The molecule has 2 aromatic rings. The van der Waals surface area contributed by atoms with Gasteiger partial charge in [-0.2, -0.15) is 5.10 Å². The van der Waals surface area contributed by atoms with Gasteiger partial charge in [-0.25, -0.2) is 13.6 Å². The molecule has 0 spiro atoms. The number of nitrogens with zero attached hydrogens (tertiary/aromatic N) is 2. The Morgan fingerprint density at radius 1 is 1.45 bits per heavy atom. The summed E-state index contributed by atoms with van der Waals surface area (Å²) in [4.78, 5) is 11.7. The van der Waals surface area contributed by atoms with Crippen LogP contribution >= 0.6 is 11.6 Å². The highest BCUT2D eigenvalue weighted by Gasteiger charge is 2.12. The number of halogens is 1. The van der Waals surface area contributed by atoms with Gasteiger partial charge in [0.15, 0.2) is 0 Å². The molecule has 3 N–H and O–H groups in total. The van der Waals surface area contributed by atoms with Crippen LogP contribution in [0, 0.1) is 0 Å². The summed E-state index contributed by atoms with van der Waals surface area (Å²) in [5.74, 6) is -0.387. The molecule has 0 bridgehead atoms. The second-order valence-electron chi connectivity index (χ2n) is 3.94. The number of nitrogens with two attached hydrogens (primary N) is 1. The van der Waals surface area contributed by atoms with Crippen LogP contribution in [-0.2, 0) is 21.4 Å². The Labute approximate surface area is 120 Å². The van der Waals surface area contributed by atoms with Crippen LogP contribution in [0.25, 0.3) is 0 Å². The molecule has 0 radical (unpaired) electrons. The predicted octanol–water partition coefficient (Wildman–Crippen LogP) is 0.823. The molecule has 1 amide bonds. The number of aromatic nitrogens is 2. The lowest BCUT2D eigenvalue weighted by Gasteiger charge is -2.09. The van der Waals surface area contributed by atoms with Crippen LogP contribution in [0.15, 0.2) is 41.6 Å². The summed E-state index contributed by atoms with van der Waals surface area (Å²) in [6.07, 6.45) is 3.17. The van der Waals surface area contributed by atoms with E-state index in [0.29, 0.717) is 0 Å². The second-order valence-corrected chi connectivity index (χ2v) is 5.91. The lowest BCUT2D eigenvalue weighted by atomic mass is 10.3. The van der Waals surface area contributed by atoms with Crippen molar-refractivity contribution < 1.29 is 13.2 Å². The van der Waals surface area contributed by atoms with E-state index in [4.69, 9.17) is 16.7 Å². The minimum absolute atomic E-state index is 0.0110. The fraction of sp³-hybridized carbons (Fsp3) is 0.0909. The molecule has 0 aliphatic heterocycles. The van der Waals surface area contributed by atoms with Gasteiger partial charge in [-0.15, -0.1) is 0 Å². The molecule has 0 aliphatic rings. The third kappa shape index (κ3) is 3.56. The standard InChI is InChI=1S/C11H11ClN4O3S/c12-9-3-2-8(20(13,18)19)6-10(9)15-11(17)7-16-5-1-4-14-16/h1-6H,7H2,(H,15,17)(H2,13,18,19). The first kappa shape index (κ1) is 14.5. The SMILES string of the molecule is NS(=O)(=O)c1ccc(Cl)c(NC(=O)Cn2cccn2)c1. The molecule has 1 aromatic heterocycles. The molecule has 2 rings (SSSR count). The van der Waals surface area contributed by atoms with Crippen LogP contribution < -0.4 is 10.5 Å². The molecule has 0 aliphatic carbocycles. The van der Waals surface area contributed by atoms with E-state index in [1.165, 1.54) is 22.9 Å². The van der Waals surface area contributed by atoms with Crippen LogP contribution in [0.3, 0.4) is 0 Å². The molecule has 0 saturated heterocycles. The summed E-state index contributed by atoms with van der Waals surface area (Å²) in [6, 6.07) is 5.51. The van der Waals surface area contributed by atoms with Crippen LogP contribution in [0.4, 0.5) is 5.69 Å². The van der Waals surface area contributed by atoms with Crippen LogP contribution in [0.1, 0.15) is 0 Å². The van der Waals surface area contributed by atoms with E-state index in [9.17, 15) is 13.2 Å². The van der Waals surface area contributed by atoms with Crippen molar-refractivity contribution in [1.82, 2.24) is 9.78 Å². The summed E-state index contributed by atoms with van der Waals surface area (Å²) >= 11 is 5.90. The summed E-state index contributed by atoms with van der Waals surface area (Å²) < 4.78 is 23.9.